The molecule has 0 radical (unpaired) electrons. The van der Waals surface area contributed by atoms with E-state index in [2.05, 4.69) is 29.8 Å². The summed E-state index contributed by atoms with van der Waals surface area (Å²) >= 11 is 0. The van der Waals surface area contributed by atoms with Gasteiger partial charge >= 0.3 is 0 Å². The van der Waals surface area contributed by atoms with Crippen molar-refractivity contribution in [3.05, 3.63) is 0 Å². The normalized spacial score (nSPS) is 36.4. The fourth-order valence-corrected chi connectivity index (χ4v) is 4.14. The van der Waals surface area contributed by atoms with Crippen molar-refractivity contribution in [1.29, 1.82) is 0 Å². The van der Waals surface area contributed by atoms with Crippen LogP contribution in [0.2, 0.25) is 0 Å². The number of nitrogens with one attached hydrogen (secondary N) is 3. The van der Waals surface area contributed by atoms with Gasteiger partial charge in [0.2, 0.25) is 17.7 Å². The van der Waals surface area contributed by atoms with Gasteiger partial charge in [-0.3, -0.25) is 14.4 Å². The molecule has 0 spiro atoms. The van der Waals surface area contributed by atoms with Crippen molar-refractivity contribution in [2.24, 2.45) is 28.9 Å². The van der Waals surface area contributed by atoms with Crippen LogP contribution in [0, 0.1) is 23.2 Å². The maximum atomic E-state index is 12.5. The van der Waals surface area contributed by atoms with Crippen LogP contribution in [0.15, 0.2) is 0 Å². The second-order valence-corrected chi connectivity index (χ2v) is 7.32. The third-order valence-corrected chi connectivity index (χ3v) is 5.68. The summed E-state index contributed by atoms with van der Waals surface area (Å²) in [6.07, 6.45) is 0.953. The summed E-state index contributed by atoms with van der Waals surface area (Å²) in [6.45, 7) is 5.78. The number of nitrogens with two attached hydrogens (primary N) is 1. The largest absolute Gasteiger partial charge is 0.368 e. The standard InChI is InChI=1S/C15H24N4O3/c1-15(2)8-6-18-11(10(8)15)14(22)19-9(12(16)20)5-7-3-4-17-13(7)21/h7-11,18H,3-6H2,1-2H3,(H2,16,20)(H,17,21)(H,19,22)/t7-,8-,9?,10-,11-/m0/s1. The van der Waals surface area contributed by atoms with E-state index in [1.54, 1.807) is 0 Å². The van der Waals surface area contributed by atoms with Crippen molar-refractivity contribution in [2.75, 3.05) is 13.1 Å². The molecule has 22 heavy (non-hydrogen) atoms. The minimum atomic E-state index is -0.788. The summed E-state index contributed by atoms with van der Waals surface area (Å²) in [5, 5.41) is 8.69. The molecule has 1 aliphatic carbocycles. The maximum Gasteiger partial charge on any atom is 0.240 e. The average Bonchev–Trinajstić information content (AvgIpc) is 2.85. The first-order valence-corrected chi connectivity index (χ1v) is 7.93. The van der Waals surface area contributed by atoms with Crippen LogP contribution in [0.25, 0.3) is 0 Å². The number of fused-ring (bicyclic) bond motifs is 1. The topological polar surface area (TPSA) is 113 Å². The molecule has 1 saturated carbocycles. The molecular formula is C15H24N4O3. The highest BCUT2D eigenvalue weighted by molar-refractivity contribution is 5.90. The molecule has 2 heterocycles. The summed E-state index contributed by atoms with van der Waals surface area (Å²) in [4.78, 5) is 35.7. The van der Waals surface area contributed by atoms with E-state index in [4.69, 9.17) is 5.73 Å². The van der Waals surface area contributed by atoms with Gasteiger partial charge in [0.15, 0.2) is 0 Å². The van der Waals surface area contributed by atoms with Crippen molar-refractivity contribution in [3.63, 3.8) is 0 Å². The van der Waals surface area contributed by atoms with Gasteiger partial charge in [-0.05, 0) is 36.6 Å². The molecule has 3 aliphatic rings. The molecule has 0 aromatic rings. The smallest absolute Gasteiger partial charge is 0.240 e. The predicted octanol–water partition coefficient (Wildman–Crippen LogP) is -1.27. The van der Waals surface area contributed by atoms with Crippen LogP contribution < -0.4 is 21.7 Å². The maximum absolute atomic E-state index is 12.5. The van der Waals surface area contributed by atoms with Crippen LogP contribution in [0.3, 0.4) is 0 Å². The number of rotatable bonds is 5. The molecule has 2 saturated heterocycles. The highest BCUT2D eigenvalue weighted by Crippen LogP contribution is 2.62. The highest BCUT2D eigenvalue weighted by Gasteiger charge is 2.65. The van der Waals surface area contributed by atoms with Crippen molar-refractivity contribution in [1.82, 2.24) is 16.0 Å². The fourth-order valence-electron chi connectivity index (χ4n) is 4.14. The first-order valence-electron chi connectivity index (χ1n) is 7.93. The molecule has 5 N–H and O–H groups in total. The van der Waals surface area contributed by atoms with Gasteiger partial charge < -0.3 is 21.7 Å². The van der Waals surface area contributed by atoms with Crippen molar-refractivity contribution >= 4 is 17.7 Å². The predicted molar refractivity (Wildman–Crippen MR) is 79.4 cm³/mol. The number of primary amides is 1. The monoisotopic (exact) mass is 308 g/mol. The van der Waals surface area contributed by atoms with E-state index in [1.165, 1.54) is 0 Å². The lowest BCUT2D eigenvalue weighted by Gasteiger charge is -2.23. The lowest BCUT2D eigenvalue weighted by atomic mass is 9.97. The Bertz CT molecular complexity index is 519. The number of carbonyl (C=O) groups excluding carboxylic acids is 3. The molecule has 3 amide bonds. The first-order chi connectivity index (χ1) is 10.3. The Morgan fingerprint density at radius 3 is 2.68 bits per heavy atom. The minimum Gasteiger partial charge on any atom is -0.368 e. The number of amides is 3. The molecule has 7 nitrogen and oxygen atoms in total. The fraction of sp³-hybridized carbons (Fsp3) is 0.800. The van der Waals surface area contributed by atoms with Crippen molar-refractivity contribution in [2.45, 2.75) is 38.8 Å². The van der Waals surface area contributed by atoms with Crippen LogP contribution in [0.4, 0.5) is 0 Å². The van der Waals surface area contributed by atoms with Gasteiger partial charge in [-0.1, -0.05) is 13.8 Å². The zero-order chi connectivity index (χ0) is 16.1. The van der Waals surface area contributed by atoms with Gasteiger partial charge in [0.05, 0.1) is 6.04 Å². The molecule has 122 valence electrons. The molecule has 3 fully saturated rings. The lowest BCUT2D eigenvalue weighted by molar-refractivity contribution is -0.130. The Morgan fingerprint density at radius 1 is 1.45 bits per heavy atom. The molecule has 0 aromatic heterocycles. The summed E-state index contributed by atoms with van der Waals surface area (Å²) < 4.78 is 0. The summed E-state index contributed by atoms with van der Waals surface area (Å²) in [5.74, 6) is -0.244. The number of hydrogen-bond donors (Lipinski definition) is 4. The highest BCUT2D eigenvalue weighted by atomic mass is 16.2. The summed E-state index contributed by atoms with van der Waals surface area (Å²) in [6, 6.07) is -1.05. The van der Waals surface area contributed by atoms with Crippen molar-refractivity contribution < 1.29 is 14.4 Å². The molecule has 0 aromatic carbocycles. The van der Waals surface area contributed by atoms with Crippen LogP contribution >= 0.6 is 0 Å². The van der Waals surface area contributed by atoms with Crippen LogP contribution in [0.5, 0.6) is 0 Å². The Kier molecular flexibility index (Phi) is 3.63. The van der Waals surface area contributed by atoms with E-state index in [0.717, 1.165) is 6.54 Å². The van der Waals surface area contributed by atoms with Gasteiger partial charge in [0.1, 0.15) is 6.04 Å². The van der Waals surface area contributed by atoms with Gasteiger partial charge in [-0.25, -0.2) is 0 Å². The first kappa shape index (κ1) is 15.3. The number of piperidine rings is 1. The Labute approximate surface area is 129 Å². The molecule has 2 aliphatic heterocycles. The van der Waals surface area contributed by atoms with E-state index in [0.29, 0.717) is 24.8 Å². The second kappa shape index (κ2) is 5.22. The van der Waals surface area contributed by atoms with Gasteiger partial charge in [-0.2, -0.15) is 0 Å². The second-order valence-electron chi connectivity index (χ2n) is 7.32. The van der Waals surface area contributed by atoms with Gasteiger partial charge in [0, 0.05) is 12.5 Å². The lowest BCUT2D eigenvalue weighted by Crippen LogP contribution is -2.52. The van der Waals surface area contributed by atoms with E-state index in [9.17, 15) is 14.4 Å². The van der Waals surface area contributed by atoms with E-state index < -0.39 is 11.9 Å². The van der Waals surface area contributed by atoms with Crippen molar-refractivity contribution in [3.8, 4) is 0 Å². The average molecular weight is 308 g/mol. The summed E-state index contributed by atoms with van der Waals surface area (Å²) in [7, 11) is 0. The van der Waals surface area contributed by atoms with E-state index >= 15 is 0 Å². The third-order valence-electron chi connectivity index (χ3n) is 5.68. The molecule has 7 heteroatoms. The number of hydrogen-bond acceptors (Lipinski definition) is 4. The Hall–Kier alpha value is -1.63. The molecule has 0 bridgehead atoms. The quantitative estimate of drug-likeness (QED) is 0.507. The Balaban J connectivity index is 1.60. The van der Waals surface area contributed by atoms with Gasteiger partial charge in [0.25, 0.3) is 0 Å². The van der Waals surface area contributed by atoms with Crippen LogP contribution in [-0.4, -0.2) is 42.9 Å². The zero-order valence-corrected chi connectivity index (χ0v) is 13.0. The molecule has 1 unspecified atom stereocenters. The third kappa shape index (κ3) is 2.47. The van der Waals surface area contributed by atoms with E-state index in [1.807, 2.05) is 0 Å². The zero-order valence-electron chi connectivity index (χ0n) is 13.0. The number of carbonyl (C=O) groups is 3. The molecule has 5 atom stereocenters. The van der Waals surface area contributed by atoms with Crippen LogP contribution in [0.1, 0.15) is 26.7 Å². The molecular weight excluding hydrogens is 284 g/mol. The Morgan fingerprint density at radius 2 is 2.18 bits per heavy atom. The van der Waals surface area contributed by atoms with Gasteiger partial charge in [-0.15, -0.1) is 0 Å². The van der Waals surface area contributed by atoms with E-state index in [-0.39, 0.29) is 35.6 Å². The van der Waals surface area contributed by atoms with Crippen LogP contribution in [-0.2, 0) is 14.4 Å². The molecule has 3 rings (SSSR count). The summed E-state index contributed by atoms with van der Waals surface area (Å²) in [5.41, 5.74) is 5.58. The SMILES string of the molecule is CC1(C)[C@@H]2[C@@H](C(=O)NC(C[C@@H]3CCNC3=O)C(N)=O)NC[C@@H]21. The minimum absolute atomic E-state index is 0.0668.